The van der Waals surface area contributed by atoms with Crippen molar-refractivity contribution < 1.29 is 46.1 Å². The third kappa shape index (κ3) is 5.98. The molecule has 0 aliphatic carbocycles. The zero-order valence-electron chi connectivity index (χ0n) is 18.9. The number of benzene rings is 1. The Balaban J connectivity index is 2.71. The van der Waals surface area contributed by atoms with Crippen molar-refractivity contribution >= 4 is 6.09 Å². The van der Waals surface area contributed by atoms with Crippen molar-refractivity contribution in [3.63, 3.8) is 0 Å². The van der Waals surface area contributed by atoms with Crippen molar-refractivity contribution in [2.24, 2.45) is 0 Å². The molecule has 0 saturated heterocycles. The molecule has 0 unspecified atom stereocenters. The molecule has 0 aliphatic rings. The molecule has 0 radical (unpaired) electrons. The Hall–Kier alpha value is -2.86. The van der Waals surface area contributed by atoms with E-state index in [0.717, 1.165) is 19.9 Å². The second-order valence-corrected chi connectivity index (χ2v) is 9.12. The monoisotopic (exact) mass is 494 g/mol. The number of aromatic nitrogens is 1. The average molecular weight is 494 g/mol. The van der Waals surface area contributed by atoms with Crippen LogP contribution in [0.5, 0.6) is 0 Å². The van der Waals surface area contributed by atoms with E-state index in [9.17, 15) is 37.0 Å². The lowest BCUT2D eigenvalue weighted by Gasteiger charge is -2.32. The van der Waals surface area contributed by atoms with Gasteiger partial charge < -0.3 is 20.3 Å². The fraction of sp³-hybridized carbons (Fsp3) is 0.455. The molecule has 0 bridgehead atoms. The highest BCUT2D eigenvalue weighted by Crippen LogP contribution is 2.41. The first-order valence-electron chi connectivity index (χ1n) is 9.91. The standard InChI is InChI=1S/C22H24F6N2O4/c1-19(2,3)34-18(31)29-10-21(33,22(26,27)28)15-9-12(20(4,5)32)16(25)17(30-15)11-6-7-13(23)14(24)8-11/h6-9,32-33H,10H2,1-5H3,(H,29,31)/t21-/m1/s1. The molecule has 1 atom stereocenters. The fourth-order valence-electron chi connectivity index (χ4n) is 2.87. The van der Waals surface area contributed by atoms with Crippen LogP contribution in [0.3, 0.4) is 0 Å². The maximum Gasteiger partial charge on any atom is 0.424 e. The summed E-state index contributed by atoms with van der Waals surface area (Å²) >= 11 is 0. The quantitative estimate of drug-likeness (QED) is 0.526. The highest BCUT2D eigenvalue weighted by molar-refractivity contribution is 5.68. The molecule has 1 aromatic heterocycles. The molecule has 0 fully saturated rings. The van der Waals surface area contributed by atoms with E-state index in [1.807, 2.05) is 0 Å². The largest absolute Gasteiger partial charge is 0.444 e. The molecule has 6 nitrogen and oxygen atoms in total. The topological polar surface area (TPSA) is 91.7 Å². The Kier molecular flexibility index (Phi) is 7.30. The summed E-state index contributed by atoms with van der Waals surface area (Å²) in [6.07, 6.45) is -6.73. The lowest BCUT2D eigenvalue weighted by Crippen LogP contribution is -2.52. The van der Waals surface area contributed by atoms with Crippen LogP contribution in [0, 0.1) is 17.5 Å². The zero-order chi connectivity index (χ0) is 26.3. The van der Waals surface area contributed by atoms with Gasteiger partial charge in [-0.2, -0.15) is 13.2 Å². The van der Waals surface area contributed by atoms with E-state index < -0.39 is 75.6 Å². The van der Waals surface area contributed by atoms with Crippen molar-refractivity contribution in [2.75, 3.05) is 6.54 Å². The van der Waals surface area contributed by atoms with Crippen molar-refractivity contribution in [2.45, 2.75) is 57.6 Å². The predicted molar refractivity (Wildman–Crippen MR) is 109 cm³/mol. The van der Waals surface area contributed by atoms with Crippen molar-refractivity contribution in [1.82, 2.24) is 10.3 Å². The maximum atomic E-state index is 15.2. The first-order chi connectivity index (χ1) is 15.3. The molecule has 2 aromatic rings. The Morgan fingerprint density at radius 2 is 1.59 bits per heavy atom. The minimum Gasteiger partial charge on any atom is -0.444 e. The van der Waals surface area contributed by atoms with Crippen molar-refractivity contribution in [3.8, 4) is 11.3 Å². The number of alkyl halides is 3. The molecule has 0 aliphatic heterocycles. The van der Waals surface area contributed by atoms with Gasteiger partial charge in [0.1, 0.15) is 11.3 Å². The number of ether oxygens (including phenoxy) is 1. The number of amides is 1. The van der Waals surface area contributed by atoms with E-state index in [0.29, 0.717) is 18.2 Å². The van der Waals surface area contributed by atoms with Gasteiger partial charge in [-0.25, -0.2) is 22.9 Å². The number of pyridine rings is 1. The van der Waals surface area contributed by atoms with E-state index in [2.05, 4.69) is 4.98 Å². The van der Waals surface area contributed by atoms with Crippen molar-refractivity contribution in [3.05, 3.63) is 53.0 Å². The Morgan fingerprint density at radius 3 is 2.06 bits per heavy atom. The number of hydrogen-bond donors (Lipinski definition) is 3. The number of nitrogens with zero attached hydrogens (tertiary/aromatic N) is 1. The number of alkyl carbamates (subject to hydrolysis) is 1. The zero-order valence-corrected chi connectivity index (χ0v) is 18.9. The average Bonchev–Trinajstić information content (AvgIpc) is 2.65. The second kappa shape index (κ2) is 9.06. The number of carbonyl (C=O) groups excluding carboxylic acids is 1. The molecule has 34 heavy (non-hydrogen) atoms. The number of hydrogen-bond acceptors (Lipinski definition) is 5. The van der Waals surface area contributed by atoms with Gasteiger partial charge in [0.25, 0.3) is 0 Å². The predicted octanol–water partition coefficient (Wildman–Crippen LogP) is 4.67. The summed E-state index contributed by atoms with van der Waals surface area (Å²) in [5.74, 6) is -4.03. The summed E-state index contributed by atoms with van der Waals surface area (Å²) in [6, 6.07) is 2.48. The van der Waals surface area contributed by atoms with Gasteiger partial charge in [0.05, 0.1) is 17.8 Å². The van der Waals surface area contributed by atoms with E-state index in [1.54, 1.807) is 5.32 Å². The lowest BCUT2D eigenvalue weighted by molar-refractivity contribution is -0.265. The third-order valence-electron chi connectivity index (χ3n) is 4.59. The molecule has 0 saturated carbocycles. The summed E-state index contributed by atoms with van der Waals surface area (Å²) in [7, 11) is 0. The summed E-state index contributed by atoms with van der Waals surface area (Å²) in [6.45, 7) is 5.05. The van der Waals surface area contributed by atoms with Gasteiger partial charge in [-0.3, -0.25) is 0 Å². The van der Waals surface area contributed by atoms with Crippen LogP contribution < -0.4 is 5.32 Å². The van der Waals surface area contributed by atoms with Crippen LogP contribution in [0.4, 0.5) is 31.1 Å². The molecule has 1 amide bonds. The molecule has 2 rings (SSSR count). The maximum absolute atomic E-state index is 15.2. The molecular weight excluding hydrogens is 470 g/mol. The van der Waals surface area contributed by atoms with E-state index in [1.165, 1.54) is 20.8 Å². The Labute approximate surface area is 191 Å². The molecule has 188 valence electrons. The molecular formula is C22H24F6N2O4. The summed E-state index contributed by atoms with van der Waals surface area (Å²) < 4.78 is 89.1. The van der Waals surface area contributed by atoms with Crippen LogP contribution in [0.2, 0.25) is 0 Å². The van der Waals surface area contributed by atoms with E-state index in [-0.39, 0.29) is 0 Å². The minimum absolute atomic E-state index is 0.451. The summed E-state index contributed by atoms with van der Waals surface area (Å²) in [5, 5.41) is 22.7. The molecule has 1 heterocycles. The van der Waals surface area contributed by atoms with Gasteiger partial charge in [0.2, 0.25) is 5.60 Å². The Morgan fingerprint density at radius 1 is 1.00 bits per heavy atom. The second-order valence-electron chi connectivity index (χ2n) is 9.12. The van der Waals surface area contributed by atoms with Crippen LogP contribution >= 0.6 is 0 Å². The van der Waals surface area contributed by atoms with Crippen molar-refractivity contribution in [1.29, 1.82) is 0 Å². The van der Waals surface area contributed by atoms with Crippen LogP contribution in [0.15, 0.2) is 24.3 Å². The fourth-order valence-corrected chi connectivity index (χ4v) is 2.87. The number of nitrogens with one attached hydrogen (secondary N) is 1. The first kappa shape index (κ1) is 27.4. The van der Waals surface area contributed by atoms with E-state index in [4.69, 9.17) is 4.74 Å². The van der Waals surface area contributed by atoms with Gasteiger partial charge in [-0.05, 0) is 58.9 Å². The SMILES string of the molecule is CC(C)(C)OC(=O)NC[C@@](O)(c1cc(C(C)(C)O)c(F)c(-c2ccc(F)c(F)c2)n1)C(F)(F)F. The third-order valence-corrected chi connectivity index (χ3v) is 4.59. The number of halogens is 6. The molecule has 3 N–H and O–H groups in total. The minimum atomic E-state index is -5.45. The molecule has 1 aromatic carbocycles. The van der Waals surface area contributed by atoms with Crippen LogP contribution in [0.25, 0.3) is 11.3 Å². The lowest BCUT2D eigenvalue weighted by atomic mass is 9.90. The van der Waals surface area contributed by atoms with E-state index >= 15 is 4.39 Å². The smallest absolute Gasteiger partial charge is 0.424 e. The van der Waals surface area contributed by atoms with Crippen LogP contribution in [-0.2, 0) is 15.9 Å². The molecule has 0 spiro atoms. The Bertz CT molecular complexity index is 1080. The molecule has 12 heteroatoms. The van der Waals surface area contributed by atoms with Gasteiger partial charge >= 0.3 is 12.3 Å². The summed E-state index contributed by atoms with van der Waals surface area (Å²) in [4.78, 5) is 15.4. The van der Waals surface area contributed by atoms with Gasteiger partial charge in [-0.1, -0.05) is 0 Å². The normalized spacial score (nSPS) is 14.5. The highest BCUT2D eigenvalue weighted by atomic mass is 19.4. The van der Waals surface area contributed by atoms with Crippen LogP contribution in [0.1, 0.15) is 45.9 Å². The number of aliphatic hydroxyl groups is 2. The van der Waals surface area contributed by atoms with Gasteiger partial charge in [-0.15, -0.1) is 0 Å². The van der Waals surface area contributed by atoms with Gasteiger partial charge in [0, 0.05) is 11.1 Å². The number of rotatable bonds is 5. The first-order valence-corrected chi connectivity index (χ1v) is 9.91. The van der Waals surface area contributed by atoms with Gasteiger partial charge in [0.15, 0.2) is 17.5 Å². The van der Waals surface area contributed by atoms with Crippen LogP contribution in [-0.4, -0.2) is 39.6 Å². The highest BCUT2D eigenvalue weighted by Gasteiger charge is 2.57. The number of carbonyl (C=O) groups is 1. The summed E-state index contributed by atoms with van der Waals surface area (Å²) in [5.41, 5.74) is -10.2.